The molecule has 1 atom stereocenters. The quantitative estimate of drug-likeness (QED) is 0.890. The second kappa shape index (κ2) is 5.50. The van der Waals surface area contributed by atoms with Crippen LogP contribution < -0.4 is 10.5 Å². The summed E-state index contributed by atoms with van der Waals surface area (Å²) in [7, 11) is -3.46. The van der Waals surface area contributed by atoms with Gasteiger partial charge in [-0.2, -0.15) is 11.3 Å². The molecule has 0 radical (unpaired) electrons. The fourth-order valence-electron chi connectivity index (χ4n) is 1.49. The molecule has 0 saturated heterocycles. The molecule has 0 saturated carbocycles. The molecule has 98 valence electrons. The zero-order chi connectivity index (χ0) is 13.2. The first-order valence-electron chi connectivity index (χ1n) is 5.36. The van der Waals surface area contributed by atoms with Crippen LogP contribution in [-0.2, 0) is 16.6 Å². The molecule has 2 heterocycles. The number of thiophene rings is 2. The predicted molar refractivity (Wildman–Crippen MR) is 75.3 cm³/mol. The predicted octanol–water partition coefficient (Wildman–Crippen LogP) is 2.31. The van der Waals surface area contributed by atoms with Gasteiger partial charge in [-0.05, 0) is 41.4 Å². The van der Waals surface area contributed by atoms with Gasteiger partial charge in [0.25, 0.3) is 10.0 Å². The van der Waals surface area contributed by atoms with E-state index in [9.17, 15) is 8.42 Å². The van der Waals surface area contributed by atoms with Crippen LogP contribution in [0.1, 0.15) is 23.4 Å². The highest BCUT2D eigenvalue weighted by Crippen LogP contribution is 2.24. The van der Waals surface area contributed by atoms with Gasteiger partial charge in [0.15, 0.2) is 0 Å². The fraction of sp³-hybridized carbons (Fsp3) is 0.273. The molecule has 0 aromatic carbocycles. The molecule has 1 unspecified atom stereocenters. The van der Waals surface area contributed by atoms with E-state index in [4.69, 9.17) is 5.73 Å². The molecule has 0 fully saturated rings. The van der Waals surface area contributed by atoms with Crippen LogP contribution in [0.2, 0.25) is 0 Å². The minimum atomic E-state index is -3.46. The minimum Gasteiger partial charge on any atom is -0.326 e. The Bertz CT molecular complexity index is 602. The van der Waals surface area contributed by atoms with Crippen molar-refractivity contribution in [1.29, 1.82) is 0 Å². The lowest BCUT2D eigenvalue weighted by Gasteiger charge is -2.11. The second-order valence-corrected chi connectivity index (χ2v) is 7.71. The molecule has 0 aliphatic carbocycles. The Kier molecular flexibility index (Phi) is 4.18. The van der Waals surface area contributed by atoms with Crippen molar-refractivity contribution in [2.24, 2.45) is 5.73 Å². The third-order valence-corrected chi connectivity index (χ3v) is 6.32. The van der Waals surface area contributed by atoms with E-state index in [1.807, 2.05) is 23.8 Å². The lowest BCUT2D eigenvalue weighted by Crippen LogP contribution is -2.25. The van der Waals surface area contributed by atoms with Crippen molar-refractivity contribution in [2.75, 3.05) is 0 Å². The van der Waals surface area contributed by atoms with Crippen LogP contribution in [0.25, 0.3) is 0 Å². The number of nitrogens with two attached hydrogens (primary N) is 1. The number of sulfonamides is 1. The average Bonchev–Trinajstić information content (AvgIpc) is 3.00. The van der Waals surface area contributed by atoms with Gasteiger partial charge in [-0.1, -0.05) is 0 Å². The Morgan fingerprint density at radius 3 is 2.72 bits per heavy atom. The van der Waals surface area contributed by atoms with Crippen molar-refractivity contribution < 1.29 is 8.42 Å². The minimum absolute atomic E-state index is 0.232. The van der Waals surface area contributed by atoms with Crippen LogP contribution in [0.3, 0.4) is 0 Å². The zero-order valence-corrected chi connectivity index (χ0v) is 12.2. The Hall–Kier alpha value is -0.730. The zero-order valence-electron chi connectivity index (χ0n) is 9.79. The van der Waals surface area contributed by atoms with E-state index in [1.165, 1.54) is 11.3 Å². The first kappa shape index (κ1) is 13.7. The summed E-state index contributed by atoms with van der Waals surface area (Å²) in [5, 5.41) is 3.87. The summed E-state index contributed by atoms with van der Waals surface area (Å²) < 4.78 is 27.2. The number of rotatable bonds is 5. The van der Waals surface area contributed by atoms with Gasteiger partial charge in [-0.15, -0.1) is 11.3 Å². The van der Waals surface area contributed by atoms with E-state index in [0.29, 0.717) is 10.8 Å². The first-order chi connectivity index (χ1) is 8.53. The molecule has 3 N–H and O–H groups in total. The van der Waals surface area contributed by atoms with Gasteiger partial charge < -0.3 is 5.73 Å². The van der Waals surface area contributed by atoms with Crippen molar-refractivity contribution in [3.8, 4) is 0 Å². The summed E-state index contributed by atoms with van der Waals surface area (Å²) in [6.45, 7) is 2.19. The molecule has 2 rings (SSSR count). The van der Waals surface area contributed by atoms with Gasteiger partial charge in [-0.3, -0.25) is 0 Å². The highest BCUT2D eigenvalue weighted by Gasteiger charge is 2.20. The van der Waals surface area contributed by atoms with Gasteiger partial charge in [0.2, 0.25) is 0 Å². The topological polar surface area (TPSA) is 72.2 Å². The van der Waals surface area contributed by atoms with Gasteiger partial charge >= 0.3 is 0 Å². The van der Waals surface area contributed by atoms with E-state index in [0.717, 1.165) is 10.4 Å². The second-order valence-electron chi connectivity index (χ2n) is 3.82. The molecule has 0 bridgehead atoms. The van der Waals surface area contributed by atoms with Crippen LogP contribution in [0, 0.1) is 0 Å². The van der Waals surface area contributed by atoms with Crippen LogP contribution >= 0.6 is 22.7 Å². The Balaban J connectivity index is 2.17. The summed E-state index contributed by atoms with van der Waals surface area (Å²) in [5.41, 5.74) is 6.45. The summed E-state index contributed by atoms with van der Waals surface area (Å²) in [5.74, 6) is 0. The van der Waals surface area contributed by atoms with Crippen LogP contribution in [0.5, 0.6) is 0 Å². The Morgan fingerprint density at radius 1 is 1.39 bits per heavy atom. The molecular formula is C11H14N2O2S3. The Labute approximate surface area is 115 Å². The highest BCUT2D eigenvalue weighted by molar-refractivity contribution is 7.91. The lowest BCUT2D eigenvalue weighted by molar-refractivity contribution is 0.569. The van der Waals surface area contributed by atoms with Gasteiger partial charge in [0, 0.05) is 17.5 Å². The maximum atomic E-state index is 12.1. The van der Waals surface area contributed by atoms with Gasteiger partial charge in [-0.25, -0.2) is 13.1 Å². The van der Waals surface area contributed by atoms with Gasteiger partial charge in [0.1, 0.15) is 4.21 Å². The number of hydrogen-bond acceptors (Lipinski definition) is 5. The van der Waals surface area contributed by atoms with Crippen molar-refractivity contribution in [1.82, 2.24) is 4.72 Å². The SMILES string of the molecule is CC(NS(=O)(=O)c1ccc(CN)s1)c1ccsc1. The largest absolute Gasteiger partial charge is 0.326 e. The van der Waals surface area contributed by atoms with Crippen LogP contribution in [-0.4, -0.2) is 8.42 Å². The maximum Gasteiger partial charge on any atom is 0.250 e. The summed E-state index contributed by atoms with van der Waals surface area (Å²) >= 11 is 2.75. The van der Waals surface area contributed by atoms with Crippen molar-refractivity contribution in [2.45, 2.75) is 23.7 Å². The van der Waals surface area contributed by atoms with Crippen LogP contribution in [0.4, 0.5) is 0 Å². The summed E-state index contributed by atoms with van der Waals surface area (Å²) in [4.78, 5) is 0.860. The standard InChI is InChI=1S/C11H14N2O2S3/c1-8(9-4-5-16-7-9)13-18(14,15)11-3-2-10(6-12)17-11/h2-5,7-8,13H,6,12H2,1H3. The smallest absolute Gasteiger partial charge is 0.250 e. The molecule has 7 heteroatoms. The van der Waals surface area contributed by atoms with E-state index < -0.39 is 10.0 Å². The van der Waals surface area contributed by atoms with Crippen molar-refractivity contribution in [3.05, 3.63) is 39.4 Å². The normalized spacial score (nSPS) is 13.7. The van der Waals surface area contributed by atoms with E-state index in [2.05, 4.69) is 4.72 Å². The van der Waals surface area contributed by atoms with Crippen molar-refractivity contribution >= 4 is 32.7 Å². The van der Waals surface area contributed by atoms with Crippen LogP contribution in [0.15, 0.2) is 33.2 Å². The molecule has 18 heavy (non-hydrogen) atoms. The summed E-state index contributed by atoms with van der Waals surface area (Å²) in [6, 6.07) is 5.02. The molecular weight excluding hydrogens is 288 g/mol. The molecule has 0 aliphatic heterocycles. The first-order valence-corrected chi connectivity index (χ1v) is 8.60. The fourth-order valence-corrected chi connectivity index (χ4v) is 4.73. The number of hydrogen-bond donors (Lipinski definition) is 2. The molecule has 0 amide bonds. The molecule has 0 aliphatic rings. The van der Waals surface area contributed by atoms with E-state index in [-0.39, 0.29) is 6.04 Å². The molecule has 4 nitrogen and oxygen atoms in total. The third-order valence-electron chi connectivity index (χ3n) is 2.48. The third kappa shape index (κ3) is 2.99. The van der Waals surface area contributed by atoms with E-state index >= 15 is 0 Å². The Morgan fingerprint density at radius 2 is 2.17 bits per heavy atom. The number of nitrogens with one attached hydrogen (secondary N) is 1. The molecule has 2 aromatic heterocycles. The monoisotopic (exact) mass is 302 g/mol. The highest BCUT2D eigenvalue weighted by atomic mass is 32.2. The lowest BCUT2D eigenvalue weighted by atomic mass is 10.2. The van der Waals surface area contributed by atoms with E-state index in [1.54, 1.807) is 23.5 Å². The maximum absolute atomic E-state index is 12.1. The molecule has 2 aromatic rings. The summed E-state index contributed by atoms with van der Waals surface area (Å²) in [6.07, 6.45) is 0. The average molecular weight is 302 g/mol. The molecule has 0 spiro atoms. The van der Waals surface area contributed by atoms with Gasteiger partial charge in [0.05, 0.1) is 0 Å². The van der Waals surface area contributed by atoms with Crippen molar-refractivity contribution in [3.63, 3.8) is 0 Å².